The van der Waals surface area contributed by atoms with E-state index in [1.54, 1.807) is 18.4 Å². The highest BCUT2D eigenvalue weighted by molar-refractivity contribution is 5.88. The van der Waals surface area contributed by atoms with Crippen LogP contribution in [0, 0.1) is 5.41 Å². The monoisotopic (exact) mass is 331 g/mol. The molecule has 0 spiro atoms. The second-order valence-electron chi connectivity index (χ2n) is 6.25. The van der Waals surface area contributed by atoms with E-state index in [1.165, 1.54) is 0 Å². The number of aliphatic hydroxyl groups is 1. The van der Waals surface area contributed by atoms with Gasteiger partial charge in [-0.15, -0.1) is 0 Å². The van der Waals surface area contributed by atoms with E-state index in [-0.39, 0.29) is 19.4 Å². The topological polar surface area (TPSA) is 88.8 Å². The smallest absolute Gasteiger partial charge is 0.318 e. The van der Waals surface area contributed by atoms with Crippen molar-refractivity contribution in [1.82, 2.24) is 4.57 Å². The largest absolute Gasteiger partial charge is 0.481 e. The first kappa shape index (κ1) is 16.5. The number of aromatic nitrogens is 1. The lowest BCUT2D eigenvalue weighted by molar-refractivity contribution is -0.193. The van der Waals surface area contributed by atoms with Crippen LogP contribution < -0.4 is 0 Å². The molecule has 0 saturated heterocycles. The highest BCUT2D eigenvalue weighted by Gasteiger charge is 2.63. The van der Waals surface area contributed by atoms with E-state index < -0.39 is 29.5 Å². The van der Waals surface area contributed by atoms with Gasteiger partial charge in [0.25, 0.3) is 0 Å². The van der Waals surface area contributed by atoms with Crippen LogP contribution in [-0.2, 0) is 26.5 Å². The Kier molecular flexibility index (Phi) is 3.87. The number of esters is 1. The van der Waals surface area contributed by atoms with Gasteiger partial charge in [-0.05, 0) is 30.9 Å². The highest BCUT2D eigenvalue weighted by atomic mass is 16.5. The Labute approximate surface area is 139 Å². The fourth-order valence-corrected chi connectivity index (χ4v) is 3.98. The fraction of sp³-hybridized carbons (Fsp3) is 0.444. The van der Waals surface area contributed by atoms with Gasteiger partial charge in [0.1, 0.15) is 5.41 Å². The molecule has 128 valence electrons. The SMILES string of the molecule is CCOC(=O)C1(CC(=O)O)Cc2cc3ccccc3n2C1(O)CC. The number of fused-ring (bicyclic) bond motifs is 3. The summed E-state index contributed by atoms with van der Waals surface area (Å²) in [6.45, 7) is 3.55. The van der Waals surface area contributed by atoms with Crippen LogP contribution >= 0.6 is 0 Å². The summed E-state index contributed by atoms with van der Waals surface area (Å²) < 4.78 is 6.87. The number of hydrogen-bond acceptors (Lipinski definition) is 4. The Morgan fingerprint density at radius 3 is 2.62 bits per heavy atom. The number of para-hydroxylation sites is 1. The van der Waals surface area contributed by atoms with Gasteiger partial charge in [0.2, 0.25) is 0 Å². The van der Waals surface area contributed by atoms with Crippen molar-refractivity contribution in [3.63, 3.8) is 0 Å². The summed E-state index contributed by atoms with van der Waals surface area (Å²) in [5.41, 5.74) is -1.64. The lowest BCUT2D eigenvalue weighted by Gasteiger charge is -2.40. The third-order valence-corrected chi connectivity index (χ3v) is 5.02. The predicted molar refractivity (Wildman–Crippen MR) is 87.4 cm³/mol. The van der Waals surface area contributed by atoms with Gasteiger partial charge >= 0.3 is 11.9 Å². The molecule has 1 aliphatic heterocycles. The van der Waals surface area contributed by atoms with Crippen molar-refractivity contribution in [2.24, 2.45) is 5.41 Å². The van der Waals surface area contributed by atoms with Gasteiger partial charge in [0, 0.05) is 12.1 Å². The minimum atomic E-state index is -1.64. The summed E-state index contributed by atoms with van der Waals surface area (Å²) >= 11 is 0. The number of nitrogens with zero attached hydrogens (tertiary/aromatic N) is 1. The standard InChI is InChI=1S/C18H21NO5/c1-3-18(23)17(11-15(20)21,16(22)24-4-2)10-13-9-12-7-5-6-8-14(12)19(13)18/h5-9,23H,3-4,10-11H2,1-2H3,(H,20,21). The molecule has 0 fully saturated rings. The maximum atomic E-state index is 12.7. The van der Waals surface area contributed by atoms with Crippen molar-refractivity contribution in [1.29, 1.82) is 0 Å². The Bertz CT molecular complexity index is 811. The minimum Gasteiger partial charge on any atom is -0.481 e. The summed E-state index contributed by atoms with van der Waals surface area (Å²) in [6, 6.07) is 9.45. The van der Waals surface area contributed by atoms with E-state index in [9.17, 15) is 19.8 Å². The molecule has 1 aliphatic rings. The molecule has 0 aliphatic carbocycles. The molecule has 1 aromatic carbocycles. The quantitative estimate of drug-likeness (QED) is 0.821. The number of hydrogen-bond donors (Lipinski definition) is 2. The molecule has 2 heterocycles. The number of carboxylic acid groups (broad SMARTS) is 1. The maximum absolute atomic E-state index is 12.7. The zero-order valence-electron chi connectivity index (χ0n) is 13.8. The maximum Gasteiger partial charge on any atom is 0.318 e. The molecule has 2 N–H and O–H groups in total. The number of aliphatic carboxylic acids is 1. The molecule has 0 bridgehead atoms. The number of benzene rings is 1. The summed E-state index contributed by atoms with van der Waals surface area (Å²) in [5, 5.41) is 21.8. The first-order valence-corrected chi connectivity index (χ1v) is 8.11. The molecule has 2 unspecified atom stereocenters. The normalized spacial score (nSPS) is 25.6. The average Bonchev–Trinajstić information content (AvgIpc) is 3.01. The first-order chi connectivity index (χ1) is 11.4. The van der Waals surface area contributed by atoms with Crippen molar-refractivity contribution in [2.45, 2.75) is 38.8 Å². The van der Waals surface area contributed by atoms with E-state index in [4.69, 9.17) is 4.74 Å². The first-order valence-electron chi connectivity index (χ1n) is 8.11. The van der Waals surface area contributed by atoms with Crippen LogP contribution in [0.25, 0.3) is 10.9 Å². The molecule has 3 rings (SSSR count). The predicted octanol–water partition coefficient (Wildman–Crippen LogP) is 2.28. The van der Waals surface area contributed by atoms with Crippen molar-refractivity contribution >= 4 is 22.8 Å². The van der Waals surface area contributed by atoms with Crippen molar-refractivity contribution in [2.75, 3.05) is 6.61 Å². The van der Waals surface area contributed by atoms with Crippen LogP contribution in [0.3, 0.4) is 0 Å². The van der Waals surface area contributed by atoms with Gasteiger partial charge in [0.15, 0.2) is 5.72 Å². The van der Waals surface area contributed by atoms with Crippen molar-refractivity contribution in [3.8, 4) is 0 Å². The molecular weight excluding hydrogens is 310 g/mol. The molecule has 2 atom stereocenters. The summed E-state index contributed by atoms with van der Waals surface area (Å²) in [5.74, 6) is -1.80. The van der Waals surface area contributed by atoms with Crippen LogP contribution in [0.2, 0.25) is 0 Å². The summed E-state index contributed by atoms with van der Waals surface area (Å²) in [4.78, 5) is 24.2. The number of ether oxygens (including phenoxy) is 1. The lowest BCUT2D eigenvalue weighted by Crippen LogP contribution is -2.53. The fourth-order valence-electron chi connectivity index (χ4n) is 3.98. The molecular formula is C18H21NO5. The third kappa shape index (κ3) is 2.06. The molecule has 6 nitrogen and oxygen atoms in total. The number of carbonyl (C=O) groups excluding carboxylic acids is 1. The second kappa shape index (κ2) is 5.63. The van der Waals surface area contributed by atoms with E-state index in [2.05, 4.69) is 0 Å². The van der Waals surface area contributed by atoms with E-state index >= 15 is 0 Å². The number of carbonyl (C=O) groups is 2. The van der Waals surface area contributed by atoms with Gasteiger partial charge in [-0.25, -0.2) is 0 Å². The molecule has 0 radical (unpaired) electrons. The Balaban J connectivity index is 2.24. The van der Waals surface area contributed by atoms with Gasteiger partial charge in [-0.1, -0.05) is 25.1 Å². The van der Waals surface area contributed by atoms with E-state index in [1.807, 2.05) is 30.3 Å². The number of rotatable bonds is 5. The zero-order chi connectivity index (χ0) is 17.5. The lowest BCUT2D eigenvalue weighted by atomic mass is 9.72. The van der Waals surface area contributed by atoms with Crippen LogP contribution in [0.1, 0.15) is 32.4 Å². The van der Waals surface area contributed by atoms with Crippen molar-refractivity contribution in [3.05, 3.63) is 36.0 Å². The average molecular weight is 331 g/mol. The summed E-state index contributed by atoms with van der Waals surface area (Å²) in [7, 11) is 0. The Morgan fingerprint density at radius 1 is 1.29 bits per heavy atom. The highest BCUT2D eigenvalue weighted by Crippen LogP contribution is 2.53. The minimum absolute atomic E-state index is 0.135. The number of carboxylic acids is 1. The van der Waals surface area contributed by atoms with Crippen LogP contribution in [0.5, 0.6) is 0 Å². The van der Waals surface area contributed by atoms with Gasteiger partial charge in [0.05, 0.1) is 18.5 Å². The third-order valence-electron chi connectivity index (χ3n) is 5.02. The molecule has 1 aromatic heterocycles. The van der Waals surface area contributed by atoms with Crippen LogP contribution in [0.15, 0.2) is 30.3 Å². The van der Waals surface area contributed by atoms with Gasteiger partial charge in [-0.3, -0.25) is 9.59 Å². The van der Waals surface area contributed by atoms with E-state index in [0.29, 0.717) is 0 Å². The molecule has 6 heteroatoms. The Hall–Kier alpha value is -2.34. The zero-order valence-corrected chi connectivity index (χ0v) is 13.8. The molecule has 2 aromatic rings. The van der Waals surface area contributed by atoms with Gasteiger partial charge < -0.3 is 19.5 Å². The molecule has 24 heavy (non-hydrogen) atoms. The van der Waals surface area contributed by atoms with Crippen LogP contribution in [0.4, 0.5) is 0 Å². The van der Waals surface area contributed by atoms with Gasteiger partial charge in [-0.2, -0.15) is 0 Å². The van der Waals surface area contributed by atoms with Crippen molar-refractivity contribution < 1.29 is 24.5 Å². The molecule has 0 saturated carbocycles. The second-order valence-corrected chi connectivity index (χ2v) is 6.25. The Morgan fingerprint density at radius 2 is 2.00 bits per heavy atom. The van der Waals surface area contributed by atoms with E-state index in [0.717, 1.165) is 16.6 Å². The van der Waals surface area contributed by atoms with Crippen LogP contribution in [-0.4, -0.2) is 33.3 Å². The summed E-state index contributed by atoms with van der Waals surface area (Å²) in [6.07, 6.45) is -0.145. The molecule has 0 amide bonds.